The average molecular weight is 317 g/mol. The summed E-state index contributed by atoms with van der Waals surface area (Å²) in [7, 11) is 0. The Labute approximate surface area is 136 Å². The Balaban J connectivity index is 1.63. The normalized spacial score (nSPS) is 24.1. The van der Waals surface area contributed by atoms with Crippen molar-refractivity contribution in [3.8, 4) is 0 Å². The van der Waals surface area contributed by atoms with Crippen LogP contribution in [0, 0.1) is 11.8 Å². The highest BCUT2D eigenvalue weighted by Gasteiger charge is 2.36. The first-order chi connectivity index (χ1) is 10.7. The molecule has 0 radical (unpaired) electrons. The number of carbonyl (C=O) groups excluding carboxylic acids is 1. The highest BCUT2D eigenvalue weighted by atomic mass is 32.2. The first-order valence-corrected chi connectivity index (χ1v) is 8.94. The smallest absolute Gasteiger partial charge is 0.253 e. The fourth-order valence-electron chi connectivity index (χ4n) is 3.49. The molecule has 0 bridgehead atoms. The van der Waals surface area contributed by atoms with Crippen LogP contribution in [0.1, 0.15) is 30.1 Å². The summed E-state index contributed by atoms with van der Waals surface area (Å²) in [5.41, 5.74) is 2.25. The standard InChI is InChI=1S/C18H23NO2S/c1-13-2-3-15-11-19(12-16(15)10-13)18(21)14-4-6-17(7-5-14)22-9-8-20/h2,4-7,15-16,20H,3,8-12H2,1H3/t15-,16+/m1/s1. The maximum atomic E-state index is 12.7. The van der Waals surface area contributed by atoms with E-state index in [0.717, 1.165) is 36.4 Å². The summed E-state index contributed by atoms with van der Waals surface area (Å²) in [6.45, 7) is 4.17. The number of carbonyl (C=O) groups is 1. The minimum atomic E-state index is 0.158. The van der Waals surface area contributed by atoms with E-state index in [2.05, 4.69) is 13.0 Å². The van der Waals surface area contributed by atoms with Crippen molar-refractivity contribution in [3.63, 3.8) is 0 Å². The van der Waals surface area contributed by atoms with Gasteiger partial charge in [0.1, 0.15) is 0 Å². The molecule has 1 aliphatic heterocycles. The van der Waals surface area contributed by atoms with Gasteiger partial charge in [0.05, 0.1) is 6.61 Å². The molecule has 2 atom stereocenters. The number of nitrogens with zero attached hydrogens (tertiary/aromatic N) is 1. The summed E-state index contributed by atoms with van der Waals surface area (Å²) in [6.07, 6.45) is 4.60. The molecule has 3 rings (SSSR count). The number of thioether (sulfide) groups is 1. The molecule has 1 heterocycles. The molecule has 3 nitrogen and oxygen atoms in total. The van der Waals surface area contributed by atoms with Crippen molar-refractivity contribution in [2.75, 3.05) is 25.4 Å². The molecule has 0 aromatic heterocycles. The fraction of sp³-hybridized carbons (Fsp3) is 0.500. The highest BCUT2D eigenvalue weighted by molar-refractivity contribution is 7.99. The molecule has 1 aliphatic carbocycles. The number of amides is 1. The summed E-state index contributed by atoms with van der Waals surface area (Å²) in [6, 6.07) is 7.77. The predicted molar refractivity (Wildman–Crippen MR) is 90.1 cm³/mol. The Morgan fingerprint density at radius 2 is 2.00 bits per heavy atom. The lowest BCUT2D eigenvalue weighted by molar-refractivity contribution is 0.0784. The van der Waals surface area contributed by atoms with Crippen molar-refractivity contribution in [2.45, 2.75) is 24.7 Å². The van der Waals surface area contributed by atoms with Gasteiger partial charge in [-0.2, -0.15) is 0 Å². The summed E-state index contributed by atoms with van der Waals surface area (Å²) in [5, 5.41) is 8.85. The highest BCUT2D eigenvalue weighted by Crippen LogP contribution is 2.36. The molecule has 1 aromatic carbocycles. The minimum Gasteiger partial charge on any atom is -0.396 e. The molecular formula is C18H23NO2S. The van der Waals surface area contributed by atoms with E-state index in [1.807, 2.05) is 29.2 Å². The van der Waals surface area contributed by atoms with Crippen molar-refractivity contribution in [1.82, 2.24) is 4.90 Å². The van der Waals surface area contributed by atoms with Gasteiger partial charge in [-0.3, -0.25) is 4.79 Å². The van der Waals surface area contributed by atoms with Crippen molar-refractivity contribution in [1.29, 1.82) is 0 Å². The van der Waals surface area contributed by atoms with Crippen LogP contribution in [-0.2, 0) is 0 Å². The van der Waals surface area contributed by atoms with Gasteiger partial charge in [-0.1, -0.05) is 11.6 Å². The van der Waals surface area contributed by atoms with Crippen molar-refractivity contribution < 1.29 is 9.90 Å². The predicted octanol–water partition coefficient (Wildman–Crippen LogP) is 3.20. The average Bonchev–Trinajstić information content (AvgIpc) is 2.95. The maximum Gasteiger partial charge on any atom is 0.253 e. The first-order valence-electron chi connectivity index (χ1n) is 7.96. The monoisotopic (exact) mass is 317 g/mol. The van der Waals surface area contributed by atoms with Crippen molar-refractivity contribution in [3.05, 3.63) is 41.5 Å². The molecule has 22 heavy (non-hydrogen) atoms. The van der Waals surface area contributed by atoms with Crippen LogP contribution in [-0.4, -0.2) is 41.4 Å². The number of allylic oxidation sites excluding steroid dienone is 2. The second-order valence-electron chi connectivity index (χ2n) is 6.32. The van der Waals surface area contributed by atoms with E-state index in [1.54, 1.807) is 11.8 Å². The van der Waals surface area contributed by atoms with Gasteiger partial charge >= 0.3 is 0 Å². The Hall–Kier alpha value is -1.26. The molecule has 0 saturated carbocycles. The molecule has 1 aromatic rings. The maximum absolute atomic E-state index is 12.7. The van der Waals surface area contributed by atoms with Crippen LogP contribution in [0.5, 0.6) is 0 Å². The van der Waals surface area contributed by atoms with Gasteiger partial charge in [-0.05, 0) is 55.9 Å². The zero-order valence-corrected chi connectivity index (χ0v) is 13.8. The number of hydrogen-bond donors (Lipinski definition) is 1. The molecule has 0 unspecified atom stereocenters. The van der Waals surface area contributed by atoms with Gasteiger partial charge in [0.25, 0.3) is 5.91 Å². The number of fused-ring (bicyclic) bond motifs is 1. The van der Waals surface area contributed by atoms with Crippen molar-refractivity contribution in [2.24, 2.45) is 11.8 Å². The van der Waals surface area contributed by atoms with E-state index in [9.17, 15) is 4.79 Å². The largest absolute Gasteiger partial charge is 0.396 e. The van der Waals surface area contributed by atoms with E-state index >= 15 is 0 Å². The topological polar surface area (TPSA) is 40.5 Å². The van der Waals surface area contributed by atoms with Gasteiger partial charge in [-0.15, -0.1) is 11.8 Å². The van der Waals surface area contributed by atoms with Gasteiger partial charge in [0.15, 0.2) is 0 Å². The lowest BCUT2D eigenvalue weighted by Crippen LogP contribution is -2.28. The van der Waals surface area contributed by atoms with E-state index in [1.165, 1.54) is 5.57 Å². The molecule has 2 aliphatic rings. The fourth-order valence-corrected chi connectivity index (χ4v) is 4.15. The number of likely N-dealkylation sites (tertiary alicyclic amines) is 1. The quantitative estimate of drug-likeness (QED) is 0.685. The zero-order chi connectivity index (χ0) is 15.5. The van der Waals surface area contributed by atoms with Gasteiger partial charge < -0.3 is 10.0 Å². The van der Waals surface area contributed by atoms with Crippen LogP contribution in [0.2, 0.25) is 0 Å². The first kappa shape index (κ1) is 15.6. The Kier molecular flexibility index (Phi) is 4.89. The third-order valence-electron chi connectivity index (χ3n) is 4.68. The molecular weight excluding hydrogens is 294 g/mol. The van der Waals surface area contributed by atoms with Crippen LogP contribution in [0.15, 0.2) is 40.8 Å². The molecule has 0 spiro atoms. The molecule has 1 amide bonds. The van der Waals surface area contributed by atoms with Crippen LogP contribution < -0.4 is 0 Å². The van der Waals surface area contributed by atoms with Gasteiger partial charge in [-0.25, -0.2) is 0 Å². The third-order valence-corrected chi connectivity index (χ3v) is 5.67. The molecule has 118 valence electrons. The SMILES string of the molecule is CC1=CC[C@@H]2CN(C(=O)c3ccc(SCCO)cc3)C[C@@H]2C1. The van der Waals surface area contributed by atoms with Crippen molar-refractivity contribution >= 4 is 17.7 Å². The number of benzene rings is 1. The molecule has 4 heteroatoms. The lowest BCUT2D eigenvalue weighted by atomic mass is 9.83. The second-order valence-corrected chi connectivity index (χ2v) is 7.49. The summed E-state index contributed by atoms with van der Waals surface area (Å²) < 4.78 is 0. The lowest BCUT2D eigenvalue weighted by Gasteiger charge is -2.21. The van der Waals surface area contributed by atoms with E-state index < -0.39 is 0 Å². The molecule has 1 N–H and O–H groups in total. The summed E-state index contributed by atoms with van der Waals surface area (Å²) in [4.78, 5) is 15.8. The summed E-state index contributed by atoms with van der Waals surface area (Å²) in [5.74, 6) is 2.14. The Morgan fingerprint density at radius 3 is 2.73 bits per heavy atom. The minimum absolute atomic E-state index is 0.158. The molecule has 1 fully saturated rings. The van der Waals surface area contributed by atoms with E-state index in [0.29, 0.717) is 17.6 Å². The van der Waals surface area contributed by atoms with E-state index in [-0.39, 0.29) is 12.5 Å². The van der Waals surface area contributed by atoms with Crippen LogP contribution in [0.3, 0.4) is 0 Å². The third kappa shape index (κ3) is 3.39. The van der Waals surface area contributed by atoms with Crippen LogP contribution in [0.4, 0.5) is 0 Å². The number of hydrogen-bond acceptors (Lipinski definition) is 3. The Morgan fingerprint density at radius 1 is 1.27 bits per heavy atom. The Bertz CT molecular complexity index is 567. The second kappa shape index (κ2) is 6.88. The number of aliphatic hydroxyl groups is 1. The van der Waals surface area contributed by atoms with Crippen LogP contribution in [0.25, 0.3) is 0 Å². The van der Waals surface area contributed by atoms with Crippen LogP contribution >= 0.6 is 11.8 Å². The summed E-state index contributed by atoms with van der Waals surface area (Å²) >= 11 is 1.61. The zero-order valence-electron chi connectivity index (χ0n) is 13.0. The van der Waals surface area contributed by atoms with E-state index in [4.69, 9.17) is 5.11 Å². The molecule has 1 saturated heterocycles. The van der Waals surface area contributed by atoms with Gasteiger partial charge in [0, 0.05) is 29.3 Å². The van der Waals surface area contributed by atoms with Gasteiger partial charge in [0.2, 0.25) is 0 Å². The number of rotatable bonds is 4. The number of aliphatic hydroxyl groups excluding tert-OH is 1.